The molecule has 2 rings (SSSR count). The monoisotopic (exact) mass is 161 g/mol. The second kappa shape index (κ2) is 2.60. The molecule has 0 aromatic carbocycles. The first kappa shape index (κ1) is 7.31. The predicted molar refractivity (Wildman–Crippen MR) is 47.8 cm³/mol. The summed E-state index contributed by atoms with van der Waals surface area (Å²) in [6, 6.07) is 5.96. The van der Waals surface area contributed by atoms with E-state index in [1.54, 1.807) is 0 Å². The van der Waals surface area contributed by atoms with Crippen LogP contribution in [0.1, 0.15) is 18.8 Å². The fourth-order valence-corrected chi connectivity index (χ4v) is 1.30. The molecular weight excluding hydrogens is 150 g/mol. The van der Waals surface area contributed by atoms with Gasteiger partial charge in [-0.15, -0.1) is 0 Å². The van der Waals surface area contributed by atoms with E-state index >= 15 is 0 Å². The fourth-order valence-electron chi connectivity index (χ4n) is 1.30. The van der Waals surface area contributed by atoms with E-state index < -0.39 is 0 Å². The van der Waals surface area contributed by atoms with Crippen molar-refractivity contribution in [3.63, 3.8) is 0 Å². The minimum absolute atomic E-state index is 0.0186. The number of aromatic nitrogens is 2. The summed E-state index contributed by atoms with van der Waals surface area (Å²) < 4.78 is 2.00. The van der Waals surface area contributed by atoms with E-state index in [9.17, 15) is 0 Å². The second-order valence-corrected chi connectivity index (χ2v) is 2.90. The van der Waals surface area contributed by atoms with Crippen LogP contribution >= 0.6 is 0 Å². The van der Waals surface area contributed by atoms with E-state index in [2.05, 4.69) is 4.98 Å². The topological polar surface area (TPSA) is 43.3 Å². The summed E-state index contributed by atoms with van der Waals surface area (Å²) in [7, 11) is 0. The molecule has 1 atom stereocenters. The van der Waals surface area contributed by atoms with Crippen LogP contribution in [0.15, 0.2) is 30.6 Å². The summed E-state index contributed by atoms with van der Waals surface area (Å²) in [5.74, 6) is 0.908. The van der Waals surface area contributed by atoms with Gasteiger partial charge in [-0.2, -0.15) is 0 Å². The largest absolute Gasteiger partial charge is 0.322 e. The summed E-state index contributed by atoms with van der Waals surface area (Å²) in [5, 5.41) is 0. The molecule has 0 aliphatic heterocycles. The van der Waals surface area contributed by atoms with Gasteiger partial charge in [-0.3, -0.25) is 0 Å². The zero-order valence-electron chi connectivity index (χ0n) is 6.94. The van der Waals surface area contributed by atoms with Crippen molar-refractivity contribution in [1.82, 2.24) is 9.38 Å². The number of fused-ring (bicyclic) bond motifs is 1. The van der Waals surface area contributed by atoms with Gasteiger partial charge in [0.1, 0.15) is 5.82 Å². The molecule has 0 aliphatic rings. The number of rotatable bonds is 1. The third kappa shape index (κ3) is 0.987. The molecule has 0 radical (unpaired) electrons. The first-order valence-corrected chi connectivity index (χ1v) is 3.96. The Morgan fingerprint density at radius 2 is 2.33 bits per heavy atom. The van der Waals surface area contributed by atoms with E-state index in [1.165, 1.54) is 0 Å². The lowest BCUT2D eigenvalue weighted by molar-refractivity contribution is 0.736. The molecule has 2 heterocycles. The Hall–Kier alpha value is -1.35. The maximum absolute atomic E-state index is 5.74. The molecule has 12 heavy (non-hydrogen) atoms. The van der Waals surface area contributed by atoms with Crippen molar-refractivity contribution in [3.05, 3.63) is 36.4 Å². The van der Waals surface area contributed by atoms with E-state index in [0.717, 1.165) is 11.3 Å². The second-order valence-electron chi connectivity index (χ2n) is 2.90. The molecular formula is C9H11N3. The Balaban J connectivity index is 2.70. The predicted octanol–water partition coefficient (Wildman–Crippen LogP) is 1.35. The number of nitrogens with two attached hydrogens (primary N) is 1. The van der Waals surface area contributed by atoms with Crippen molar-refractivity contribution >= 4 is 5.52 Å². The zero-order chi connectivity index (χ0) is 8.55. The molecule has 0 bridgehead atoms. The van der Waals surface area contributed by atoms with Gasteiger partial charge in [-0.25, -0.2) is 4.98 Å². The van der Waals surface area contributed by atoms with Crippen molar-refractivity contribution in [2.75, 3.05) is 0 Å². The number of pyridine rings is 1. The molecule has 3 nitrogen and oxygen atoms in total. The molecule has 0 saturated heterocycles. The normalized spacial score (nSPS) is 13.5. The standard InChI is InChI=1S/C9H11N3/c1-7(10)9-11-6-8-4-2-3-5-12(8)9/h2-7H,10H2,1H3/t7-/m1/s1. The molecule has 62 valence electrons. The first-order valence-electron chi connectivity index (χ1n) is 3.96. The molecule has 0 fully saturated rings. The highest BCUT2D eigenvalue weighted by molar-refractivity contribution is 5.45. The molecule has 3 heteroatoms. The smallest absolute Gasteiger partial charge is 0.129 e. The van der Waals surface area contributed by atoms with Gasteiger partial charge in [0, 0.05) is 6.20 Å². The molecule has 2 aromatic rings. The van der Waals surface area contributed by atoms with Crippen LogP contribution in [0.5, 0.6) is 0 Å². The lowest BCUT2D eigenvalue weighted by Crippen LogP contribution is -2.09. The molecule has 0 aliphatic carbocycles. The van der Waals surface area contributed by atoms with Crippen LogP contribution in [0.25, 0.3) is 5.52 Å². The quantitative estimate of drug-likeness (QED) is 0.686. The van der Waals surface area contributed by atoms with Crippen LogP contribution in [0.4, 0.5) is 0 Å². The van der Waals surface area contributed by atoms with Gasteiger partial charge < -0.3 is 10.1 Å². The lowest BCUT2D eigenvalue weighted by Gasteiger charge is -2.02. The maximum Gasteiger partial charge on any atom is 0.129 e. The van der Waals surface area contributed by atoms with Crippen molar-refractivity contribution in [2.45, 2.75) is 13.0 Å². The summed E-state index contributed by atoms with van der Waals surface area (Å²) >= 11 is 0. The Morgan fingerprint density at radius 3 is 3.08 bits per heavy atom. The summed E-state index contributed by atoms with van der Waals surface area (Å²) in [5.41, 5.74) is 6.83. The van der Waals surface area contributed by atoms with E-state index in [-0.39, 0.29) is 6.04 Å². The van der Waals surface area contributed by atoms with Gasteiger partial charge in [-0.05, 0) is 19.1 Å². The summed E-state index contributed by atoms with van der Waals surface area (Å²) in [6.07, 6.45) is 3.81. The molecule has 0 saturated carbocycles. The van der Waals surface area contributed by atoms with Crippen molar-refractivity contribution in [2.24, 2.45) is 5.73 Å². The molecule has 2 aromatic heterocycles. The summed E-state index contributed by atoms with van der Waals surface area (Å²) in [4.78, 5) is 4.23. The molecule has 0 amide bonds. The van der Waals surface area contributed by atoms with Gasteiger partial charge in [0.05, 0.1) is 17.8 Å². The zero-order valence-corrected chi connectivity index (χ0v) is 6.94. The van der Waals surface area contributed by atoms with E-state index in [0.29, 0.717) is 0 Å². The Bertz CT molecular complexity index is 389. The number of nitrogens with zero attached hydrogens (tertiary/aromatic N) is 2. The minimum Gasteiger partial charge on any atom is -0.322 e. The third-order valence-corrected chi connectivity index (χ3v) is 1.87. The highest BCUT2D eigenvalue weighted by Gasteiger charge is 2.05. The third-order valence-electron chi connectivity index (χ3n) is 1.87. The van der Waals surface area contributed by atoms with Gasteiger partial charge in [-0.1, -0.05) is 6.07 Å². The van der Waals surface area contributed by atoms with Crippen LogP contribution in [0.2, 0.25) is 0 Å². The van der Waals surface area contributed by atoms with Crippen LogP contribution in [-0.2, 0) is 0 Å². The van der Waals surface area contributed by atoms with Crippen LogP contribution in [0.3, 0.4) is 0 Å². The average Bonchev–Trinajstić information content (AvgIpc) is 2.47. The minimum atomic E-state index is -0.0186. The van der Waals surface area contributed by atoms with Crippen LogP contribution < -0.4 is 5.73 Å². The first-order chi connectivity index (χ1) is 5.79. The van der Waals surface area contributed by atoms with E-state index in [4.69, 9.17) is 5.73 Å². The summed E-state index contributed by atoms with van der Waals surface area (Å²) in [6.45, 7) is 1.93. The Labute approximate surface area is 70.8 Å². The van der Waals surface area contributed by atoms with Gasteiger partial charge in [0.15, 0.2) is 0 Å². The average molecular weight is 161 g/mol. The Morgan fingerprint density at radius 1 is 1.50 bits per heavy atom. The van der Waals surface area contributed by atoms with Crippen LogP contribution in [0, 0.1) is 0 Å². The van der Waals surface area contributed by atoms with E-state index in [1.807, 2.05) is 41.9 Å². The number of imidazole rings is 1. The molecule has 0 spiro atoms. The number of hydrogen-bond donors (Lipinski definition) is 1. The fraction of sp³-hybridized carbons (Fsp3) is 0.222. The SMILES string of the molecule is C[C@@H](N)c1ncc2ccccn12. The molecule has 0 unspecified atom stereocenters. The maximum atomic E-state index is 5.74. The van der Waals surface area contributed by atoms with Gasteiger partial charge in [0.25, 0.3) is 0 Å². The lowest BCUT2D eigenvalue weighted by atomic mass is 10.3. The van der Waals surface area contributed by atoms with Crippen molar-refractivity contribution in [3.8, 4) is 0 Å². The Kier molecular flexibility index (Phi) is 1.59. The van der Waals surface area contributed by atoms with Crippen molar-refractivity contribution < 1.29 is 0 Å². The van der Waals surface area contributed by atoms with Crippen LogP contribution in [-0.4, -0.2) is 9.38 Å². The highest BCUT2D eigenvalue weighted by atomic mass is 15.0. The number of hydrogen-bond acceptors (Lipinski definition) is 2. The van der Waals surface area contributed by atoms with Gasteiger partial charge >= 0.3 is 0 Å². The van der Waals surface area contributed by atoms with Crippen molar-refractivity contribution in [1.29, 1.82) is 0 Å². The van der Waals surface area contributed by atoms with Gasteiger partial charge in [0.2, 0.25) is 0 Å². The highest BCUT2D eigenvalue weighted by Crippen LogP contribution is 2.10. The molecule has 2 N–H and O–H groups in total.